The van der Waals surface area contributed by atoms with Crippen LogP contribution >= 0.6 is 11.3 Å². The van der Waals surface area contributed by atoms with Crippen LogP contribution in [0.1, 0.15) is 45.9 Å². The molecule has 1 unspecified atom stereocenters. The van der Waals surface area contributed by atoms with E-state index in [-0.39, 0.29) is 35.5 Å². The van der Waals surface area contributed by atoms with Gasteiger partial charge in [-0.25, -0.2) is 9.97 Å². The van der Waals surface area contributed by atoms with Gasteiger partial charge in [-0.3, -0.25) is 9.59 Å². The SMILES string of the molecule is Cc1csc(C(=O)C2[C@H]3CN(C(=O)c4cn(C(C)C)cn4)C[C@@H]23)n1. The fourth-order valence-electron chi connectivity index (χ4n) is 3.58. The fraction of sp³-hybridized carbons (Fsp3) is 0.529. The Morgan fingerprint density at radius 1 is 1.29 bits per heavy atom. The van der Waals surface area contributed by atoms with E-state index in [0.29, 0.717) is 23.8 Å². The van der Waals surface area contributed by atoms with Gasteiger partial charge in [-0.2, -0.15) is 0 Å². The maximum atomic E-state index is 12.6. The first-order valence-corrected chi connectivity index (χ1v) is 9.12. The first kappa shape index (κ1) is 15.5. The topological polar surface area (TPSA) is 68.1 Å². The summed E-state index contributed by atoms with van der Waals surface area (Å²) < 4.78 is 1.93. The van der Waals surface area contributed by atoms with Crippen molar-refractivity contribution in [2.45, 2.75) is 26.8 Å². The van der Waals surface area contributed by atoms with E-state index in [9.17, 15) is 9.59 Å². The number of carbonyl (C=O) groups is 2. The van der Waals surface area contributed by atoms with Crippen molar-refractivity contribution in [3.63, 3.8) is 0 Å². The average molecular weight is 344 g/mol. The van der Waals surface area contributed by atoms with E-state index in [4.69, 9.17) is 0 Å². The molecule has 2 aromatic rings. The molecule has 6 nitrogen and oxygen atoms in total. The highest BCUT2D eigenvalue weighted by Crippen LogP contribution is 2.53. The van der Waals surface area contributed by atoms with Gasteiger partial charge in [-0.05, 0) is 32.6 Å². The number of carbonyl (C=O) groups excluding carboxylic acids is 2. The van der Waals surface area contributed by atoms with E-state index in [2.05, 4.69) is 23.8 Å². The second kappa shape index (κ2) is 5.51. The van der Waals surface area contributed by atoms with Crippen LogP contribution in [0.25, 0.3) is 0 Å². The lowest BCUT2D eigenvalue weighted by Crippen LogP contribution is -2.32. The van der Waals surface area contributed by atoms with Crippen LogP contribution in [0.4, 0.5) is 0 Å². The number of nitrogens with zero attached hydrogens (tertiary/aromatic N) is 4. The molecule has 1 saturated heterocycles. The van der Waals surface area contributed by atoms with E-state index in [1.165, 1.54) is 11.3 Å². The van der Waals surface area contributed by atoms with E-state index in [1.807, 2.05) is 21.8 Å². The first-order valence-electron chi connectivity index (χ1n) is 8.24. The lowest BCUT2D eigenvalue weighted by molar-refractivity contribution is 0.0747. The van der Waals surface area contributed by atoms with E-state index in [0.717, 1.165) is 5.69 Å². The lowest BCUT2D eigenvalue weighted by Gasteiger charge is -2.18. The van der Waals surface area contributed by atoms with Crippen LogP contribution in [0.3, 0.4) is 0 Å². The summed E-state index contributed by atoms with van der Waals surface area (Å²) in [5, 5.41) is 2.52. The zero-order valence-electron chi connectivity index (χ0n) is 14.0. The normalized spacial score (nSPS) is 25.2. The van der Waals surface area contributed by atoms with Crippen molar-refractivity contribution in [2.24, 2.45) is 17.8 Å². The van der Waals surface area contributed by atoms with Crippen LogP contribution in [0.15, 0.2) is 17.9 Å². The molecule has 126 valence electrons. The molecule has 3 atom stereocenters. The number of imidazole rings is 1. The highest BCUT2D eigenvalue weighted by molar-refractivity contribution is 7.11. The number of hydrogen-bond acceptors (Lipinski definition) is 5. The van der Waals surface area contributed by atoms with Gasteiger partial charge in [0.15, 0.2) is 10.8 Å². The van der Waals surface area contributed by atoms with Crippen molar-refractivity contribution in [3.8, 4) is 0 Å². The zero-order valence-corrected chi connectivity index (χ0v) is 14.8. The molecule has 1 amide bonds. The number of rotatable bonds is 4. The van der Waals surface area contributed by atoms with Crippen molar-refractivity contribution < 1.29 is 9.59 Å². The smallest absolute Gasteiger partial charge is 0.274 e. The number of hydrogen-bond donors (Lipinski definition) is 0. The number of aryl methyl sites for hydroxylation is 1. The van der Waals surface area contributed by atoms with Crippen molar-refractivity contribution in [1.82, 2.24) is 19.4 Å². The average Bonchev–Trinajstić information content (AvgIpc) is 3.05. The molecule has 2 fully saturated rings. The van der Waals surface area contributed by atoms with Crippen molar-refractivity contribution in [3.05, 3.63) is 34.3 Å². The van der Waals surface area contributed by atoms with Crippen LogP contribution in [-0.2, 0) is 0 Å². The molecule has 2 aliphatic rings. The molecule has 24 heavy (non-hydrogen) atoms. The van der Waals surface area contributed by atoms with Crippen LogP contribution in [0.2, 0.25) is 0 Å². The van der Waals surface area contributed by atoms with Crippen molar-refractivity contribution in [2.75, 3.05) is 13.1 Å². The summed E-state index contributed by atoms with van der Waals surface area (Å²) >= 11 is 1.42. The Morgan fingerprint density at radius 2 is 2.00 bits per heavy atom. The zero-order chi connectivity index (χ0) is 17.0. The van der Waals surface area contributed by atoms with Gasteiger partial charge in [0.1, 0.15) is 5.69 Å². The quantitative estimate of drug-likeness (QED) is 0.799. The molecular weight excluding hydrogens is 324 g/mol. The molecule has 0 bridgehead atoms. The number of aromatic nitrogens is 3. The predicted molar refractivity (Wildman–Crippen MR) is 90.2 cm³/mol. The summed E-state index contributed by atoms with van der Waals surface area (Å²) in [6.07, 6.45) is 3.50. The molecule has 1 aliphatic heterocycles. The maximum absolute atomic E-state index is 12.6. The van der Waals surface area contributed by atoms with Gasteiger partial charge < -0.3 is 9.47 Å². The van der Waals surface area contributed by atoms with Crippen LogP contribution in [0, 0.1) is 24.7 Å². The maximum Gasteiger partial charge on any atom is 0.274 e. The van der Waals surface area contributed by atoms with Gasteiger partial charge in [0, 0.05) is 42.3 Å². The minimum Gasteiger partial charge on any atom is -0.337 e. The van der Waals surface area contributed by atoms with E-state index < -0.39 is 0 Å². The van der Waals surface area contributed by atoms with Gasteiger partial charge in [0.05, 0.1) is 6.33 Å². The Labute approximate surface area is 144 Å². The van der Waals surface area contributed by atoms with Gasteiger partial charge in [0.2, 0.25) is 0 Å². The second-order valence-corrected chi connectivity index (χ2v) is 7.88. The van der Waals surface area contributed by atoms with E-state index >= 15 is 0 Å². The molecule has 3 heterocycles. The highest BCUT2D eigenvalue weighted by atomic mass is 32.1. The summed E-state index contributed by atoms with van der Waals surface area (Å²) in [4.78, 5) is 35.4. The number of ketones is 1. The molecule has 1 aliphatic carbocycles. The largest absolute Gasteiger partial charge is 0.337 e. The Morgan fingerprint density at radius 3 is 2.54 bits per heavy atom. The third kappa shape index (κ3) is 2.47. The van der Waals surface area contributed by atoms with Crippen molar-refractivity contribution in [1.29, 1.82) is 0 Å². The van der Waals surface area contributed by atoms with Crippen molar-refractivity contribution >= 4 is 23.0 Å². The summed E-state index contributed by atoms with van der Waals surface area (Å²) in [5.41, 5.74) is 1.38. The van der Waals surface area contributed by atoms with Gasteiger partial charge in [0.25, 0.3) is 5.91 Å². The number of Topliss-reactive ketones (excluding diaryl/α,β-unsaturated/α-hetero) is 1. The summed E-state index contributed by atoms with van der Waals surface area (Å²) in [7, 11) is 0. The number of piperidine rings is 1. The van der Waals surface area contributed by atoms with E-state index in [1.54, 1.807) is 12.5 Å². The Hall–Kier alpha value is -2.02. The lowest BCUT2D eigenvalue weighted by atomic mass is 10.2. The fourth-order valence-corrected chi connectivity index (χ4v) is 4.37. The minimum atomic E-state index is -0.0297. The van der Waals surface area contributed by atoms with Gasteiger partial charge in [-0.1, -0.05) is 0 Å². The number of likely N-dealkylation sites (tertiary alicyclic amines) is 1. The standard InChI is InChI=1S/C17H20N4O2S/c1-9(2)21-6-13(18-8-21)17(23)20-4-11-12(5-20)14(11)15(22)16-19-10(3)7-24-16/h6-9,11-12,14H,4-5H2,1-3H3/t11-,12+,14?. The number of thiazole rings is 1. The Kier molecular flexibility index (Phi) is 3.56. The molecule has 7 heteroatoms. The van der Waals surface area contributed by atoms with Crippen LogP contribution in [-0.4, -0.2) is 44.2 Å². The molecule has 2 aromatic heterocycles. The number of amides is 1. The third-order valence-electron chi connectivity index (χ3n) is 5.03. The summed E-state index contributed by atoms with van der Waals surface area (Å²) in [5.74, 6) is 0.751. The minimum absolute atomic E-state index is 0.0297. The number of fused-ring (bicyclic) bond motifs is 1. The summed E-state index contributed by atoms with van der Waals surface area (Å²) in [6, 6.07) is 0.287. The molecule has 4 rings (SSSR count). The first-order chi connectivity index (χ1) is 11.5. The predicted octanol–water partition coefficient (Wildman–Crippen LogP) is 2.43. The highest BCUT2D eigenvalue weighted by Gasteiger charge is 2.60. The molecule has 0 radical (unpaired) electrons. The Balaban J connectivity index is 1.39. The van der Waals surface area contributed by atoms with Crippen LogP contribution in [0.5, 0.6) is 0 Å². The molecule has 0 spiro atoms. The monoisotopic (exact) mass is 344 g/mol. The Bertz CT molecular complexity index is 797. The third-order valence-corrected chi connectivity index (χ3v) is 6.01. The molecule has 0 aromatic carbocycles. The summed E-state index contributed by atoms with van der Waals surface area (Å²) in [6.45, 7) is 7.31. The molecule has 1 saturated carbocycles. The molecule has 0 N–H and O–H groups in total. The van der Waals surface area contributed by atoms with Crippen LogP contribution < -0.4 is 0 Å². The molecular formula is C17H20N4O2S. The van der Waals surface area contributed by atoms with Gasteiger partial charge >= 0.3 is 0 Å². The second-order valence-electron chi connectivity index (χ2n) is 7.02. The van der Waals surface area contributed by atoms with Gasteiger partial charge in [-0.15, -0.1) is 11.3 Å².